The lowest BCUT2D eigenvalue weighted by molar-refractivity contribution is -0.137. The van der Waals surface area contributed by atoms with Crippen molar-refractivity contribution in [2.45, 2.75) is 11.1 Å². The number of hydrogen-bond donors (Lipinski definition) is 1. The first-order valence-electron chi connectivity index (χ1n) is 7.10. The molecular weight excluding hydrogens is 357 g/mol. The van der Waals surface area contributed by atoms with Gasteiger partial charge in [0.25, 0.3) is 0 Å². The number of amides is 1. The monoisotopic (exact) mass is 372 g/mol. The smallest absolute Gasteiger partial charge is 0.324 e. The number of alkyl halides is 3. The van der Waals surface area contributed by atoms with Gasteiger partial charge in [0.1, 0.15) is 0 Å². The number of likely N-dealkylation sites (N-methyl/N-ethyl adjacent to an activating group) is 1. The SMILES string of the molecule is CN(CC(=O)Nc1ccccc1C(F)(F)F)S(=O)(=O)c1ccccc1. The number of rotatable bonds is 5. The molecule has 2 aromatic rings. The van der Waals surface area contributed by atoms with E-state index in [-0.39, 0.29) is 4.90 Å². The lowest BCUT2D eigenvalue weighted by Gasteiger charge is -2.18. The summed E-state index contributed by atoms with van der Waals surface area (Å²) in [5.74, 6) is -0.876. The van der Waals surface area contributed by atoms with Crippen LogP contribution in [0, 0.1) is 0 Å². The molecule has 0 aliphatic rings. The van der Waals surface area contributed by atoms with Gasteiger partial charge in [0, 0.05) is 7.05 Å². The van der Waals surface area contributed by atoms with Gasteiger partial charge in [-0.3, -0.25) is 4.79 Å². The second-order valence-electron chi connectivity index (χ2n) is 5.17. The van der Waals surface area contributed by atoms with Crippen molar-refractivity contribution in [2.24, 2.45) is 0 Å². The highest BCUT2D eigenvalue weighted by atomic mass is 32.2. The quantitative estimate of drug-likeness (QED) is 0.878. The summed E-state index contributed by atoms with van der Waals surface area (Å²) in [6.07, 6.45) is -4.63. The maximum atomic E-state index is 12.9. The molecule has 0 saturated carbocycles. The van der Waals surface area contributed by atoms with Crippen LogP contribution in [0.15, 0.2) is 59.5 Å². The Hall–Kier alpha value is -2.39. The van der Waals surface area contributed by atoms with Crippen LogP contribution in [-0.4, -0.2) is 32.2 Å². The lowest BCUT2D eigenvalue weighted by Crippen LogP contribution is -2.35. The van der Waals surface area contributed by atoms with Gasteiger partial charge < -0.3 is 5.32 Å². The molecule has 25 heavy (non-hydrogen) atoms. The highest BCUT2D eigenvalue weighted by molar-refractivity contribution is 7.89. The number of hydrogen-bond acceptors (Lipinski definition) is 3. The van der Waals surface area contributed by atoms with Crippen LogP contribution in [0.2, 0.25) is 0 Å². The van der Waals surface area contributed by atoms with Gasteiger partial charge in [-0.1, -0.05) is 30.3 Å². The number of benzene rings is 2. The van der Waals surface area contributed by atoms with Crippen molar-refractivity contribution in [3.8, 4) is 0 Å². The molecule has 0 bridgehead atoms. The normalized spacial score (nSPS) is 12.2. The topological polar surface area (TPSA) is 66.5 Å². The zero-order chi connectivity index (χ0) is 18.7. The van der Waals surface area contributed by atoms with E-state index in [1.165, 1.54) is 43.4 Å². The molecule has 0 aromatic heterocycles. The fourth-order valence-corrected chi connectivity index (χ4v) is 3.24. The van der Waals surface area contributed by atoms with Crippen LogP contribution in [0.1, 0.15) is 5.56 Å². The third kappa shape index (κ3) is 4.58. The van der Waals surface area contributed by atoms with E-state index in [1.807, 2.05) is 0 Å². The van der Waals surface area contributed by atoms with E-state index in [1.54, 1.807) is 6.07 Å². The van der Waals surface area contributed by atoms with Gasteiger partial charge in [0.2, 0.25) is 15.9 Å². The molecule has 5 nitrogen and oxygen atoms in total. The molecule has 2 aromatic carbocycles. The van der Waals surface area contributed by atoms with Crippen LogP contribution in [0.25, 0.3) is 0 Å². The number of nitrogens with one attached hydrogen (secondary N) is 1. The minimum atomic E-state index is -4.63. The summed E-state index contributed by atoms with van der Waals surface area (Å²) in [6.45, 7) is -0.622. The van der Waals surface area contributed by atoms with E-state index in [9.17, 15) is 26.4 Å². The van der Waals surface area contributed by atoms with E-state index in [0.717, 1.165) is 16.4 Å². The highest BCUT2D eigenvalue weighted by Crippen LogP contribution is 2.34. The van der Waals surface area contributed by atoms with Gasteiger partial charge >= 0.3 is 6.18 Å². The second-order valence-corrected chi connectivity index (χ2v) is 7.21. The highest BCUT2D eigenvalue weighted by Gasteiger charge is 2.33. The molecule has 0 aliphatic heterocycles. The Morgan fingerprint density at radius 3 is 2.20 bits per heavy atom. The lowest BCUT2D eigenvalue weighted by atomic mass is 10.1. The van der Waals surface area contributed by atoms with Gasteiger partial charge in [-0.25, -0.2) is 8.42 Å². The molecule has 0 heterocycles. The second kappa shape index (κ2) is 7.24. The van der Waals surface area contributed by atoms with Crippen molar-refractivity contribution >= 4 is 21.6 Å². The van der Waals surface area contributed by atoms with E-state index < -0.39 is 39.9 Å². The number of nitrogens with zero attached hydrogens (tertiary/aromatic N) is 1. The Morgan fingerprint density at radius 2 is 1.60 bits per heavy atom. The van der Waals surface area contributed by atoms with Gasteiger partial charge in [-0.05, 0) is 24.3 Å². The van der Waals surface area contributed by atoms with E-state index in [2.05, 4.69) is 5.32 Å². The van der Waals surface area contributed by atoms with Crippen LogP contribution in [0.3, 0.4) is 0 Å². The molecule has 1 N–H and O–H groups in total. The summed E-state index contributed by atoms with van der Waals surface area (Å²) in [6, 6.07) is 11.9. The zero-order valence-electron chi connectivity index (χ0n) is 13.1. The van der Waals surface area contributed by atoms with Crippen molar-refractivity contribution in [2.75, 3.05) is 18.9 Å². The molecular formula is C16H15F3N2O3S. The van der Waals surface area contributed by atoms with Gasteiger partial charge in [0.05, 0.1) is 22.7 Å². The average molecular weight is 372 g/mol. The number of para-hydroxylation sites is 1. The summed E-state index contributed by atoms with van der Waals surface area (Å²) >= 11 is 0. The Morgan fingerprint density at radius 1 is 1.04 bits per heavy atom. The van der Waals surface area contributed by atoms with Crippen molar-refractivity contribution in [3.05, 3.63) is 60.2 Å². The fourth-order valence-electron chi connectivity index (χ4n) is 2.09. The van der Waals surface area contributed by atoms with Crippen LogP contribution in [0.4, 0.5) is 18.9 Å². The van der Waals surface area contributed by atoms with Crippen molar-refractivity contribution in [1.82, 2.24) is 4.31 Å². The maximum Gasteiger partial charge on any atom is 0.418 e. The minimum Gasteiger partial charge on any atom is -0.324 e. The maximum absolute atomic E-state index is 12.9. The van der Waals surface area contributed by atoms with Crippen LogP contribution < -0.4 is 5.32 Å². The molecule has 0 saturated heterocycles. The molecule has 0 atom stereocenters. The van der Waals surface area contributed by atoms with Crippen LogP contribution >= 0.6 is 0 Å². The predicted molar refractivity (Wildman–Crippen MR) is 86.3 cm³/mol. The zero-order valence-corrected chi connectivity index (χ0v) is 13.9. The number of carbonyl (C=O) groups is 1. The number of carbonyl (C=O) groups excluding carboxylic acids is 1. The first-order valence-corrected chi connectivity index (χ1v) is 8.54. The molecule has 0 aliphatic carbocycles. The van der Waals surface area contributed by atoms with E-state index >= 15 is 0 Å². The first-order chi connectivity index (χ1) is 11.6. The number of sulfonamides is 1. The predicted octanol–water partition coefficient (Wildman–Crippen LogP) is 2.96. The largest absolute Gasteiger partial charge is 0.418 e. The molecule has 0 spiro atoms. The van der Waals surface area contributed by atoms with Crippen LogP contribution in [-0.2, 0) is 21.0 Å². The fraction of sp³-hybridized carbons (Fsp3) is 0.188. The minimum absolute atomic E-state index is 0.0130. The summed E-state index contributed by atoms with van der Waals surface area (Å²) in [4.78, 5) is 12.0. The van der Waals surface area contributed by atoms with Gasteiger partial charge in [0.15, 0.2) is 0 Å². The van der Waals surface area contributed by atoms with Crippen molar-refractivity contribution in [1.29, 1.82) is 0 Å². The Labute approximate surface area is 143 Å². The first kappa shape index (κ1) is 18.9. The van der Waals surface area contributed by atoms with Crippen LogP contribution in [0.5, 0.6) is 0 Å². The van der Waals surface area contributed by atoms with E-state index in [0.29, 0.717) is 0 Å². The van der Waals surface area contributed by atoms with Gasteiger partial charge in [-0.15, -0.1) is 0 Å². The molecule has 2 rings (SSSR count). The molecule has 9 heteroatoms. The summed E-state index contributed by atoms with van der Waals surface area (Å²) in [7, 11) is -2.74. The molecule has 134 valence electrons. The van der Waals surface area contributed by atoms with Gasteiger partial charge in [-0.2, -0.15) is 17.5 Å². The van der Waals surface area contributed by atoms with E-state index in [4.69, 9.17) is 0 Å². The third-order valence-electron chi connectivity index (χ3n) is 3.32. The summed E-state index contributed by atoms with van der Waals surface area (Å²) in [5.41, 5.74) is -1.43. The number of halogens is 3. The third-order valence-corrected chi connectivity index (χ3v) is 5.14. The Kier molecular flexibility index (Phi) is 5.48. The van der Waals surface area contributed by atoms with Crippen molar-refractivity contribution < 1.29 is 26.4 Å². The molecule has 0 fully saturated rings. The summed E-state index contributed by atoms with van der Waals surface area (Å²) in [5, 5.41) is 2.11. The Balaban J connectivity index is 2.14. The Bertz CT molecular complexity index is 852. The molecule has 1 amide bonds. The summed E-state index contributed by atoms with van der Waals surface area (Å²) < 4.78 is 64.1. The number of anilines is 1. The van der Waals surface area contributed by atoms with Crippen molar-refractivity contribution in [3.63, 3.8) is 0 Å². The average Bonchev–Trinajstić information content (AvgIpc) is 2.55. The molecule has 0 radical (unpaired) electrons. The standard InChI is InChI=1S/C16H15F3N2O3S/c1-21(25(23,24)12-7-3-2-4-8-12)11-15(22)20-14-10-6-5-9-13(14)16(17,18)19/h2-10H,11H2,1H3,(H,20,22). The molecule has 0 unspecified atom stereocenters.